The Morgan fingerprint density at radius 2 is 1.92 bits per heavy atom. The van der Waals surface area contributed by atoms with Crippen LogP contribution in [0.5, 0.6) is 0 Å². The summed E-state index contributed by atoms with van der Waals surface area (Å²) in [6, 6.07) is 12.2. The van der Waals surface area contributed by atoms with Crippen molar-refractivity contribution < 1.29 is 9.53 Å². The van der Waals surface area contributed by atoms with Crippen LogP contribution in [0.15, 0.2) is 42.7 Å². The maximum atomic E-state index is 11.3. The lowest BCUT2D eigenvalue weighted by Gasteiger charge is -2.09. The molecule has 0 radical (unpaired) electrons. The van der Waals surface area contributed by atoms with E-state index in [1.807, 2.05) is 31.2 Å². The number of aromatic nitrogens is 3. The molecule has 3 aromatic rings. The van der Waals surface area contributed by atoms with E-state index in [1.54, 1.807) is 11.0 Å². The van der Waals surface area contributed by atoms with Crippen LogP contribution in [-0.2, 0) is 11.3 Å². The predicted molar refractivity (Wildman–Crippen MR) is 100 cm³/mol. The number of hydrogen-bond donors (Lipinski definition) is 1. The highest BCUT2D eigenvalue weighted by atomic mass is 16.5. The predicted octanol–water partition coefficient (Wildman–Crippen LogP) is 3.72. The first-order chi connectivity index (χ1) is 12.5. The van der Waals surface area contributed by atoms with Crippen LogP contribution in [0.3, 0.4) is 0 Å². The SMILES string of the molecule is COC(=O)NCc1cc(-c2ncn(-c3ccc(C)cc3C)n2)ccc1C. The third kappa shape index (κ3) is 3.74. The summed E-state index contributed by atoms with van der Waals surface area (Å²) in [4.78, 5) is 15.8. The molecule has 1 N–H and O–H groups in total. The first kappa shape index (κ1) is 17.7. The molecule has 0 aliphatic carbocycles. The third-order valence-electron chi connectivity index (χ3n) is 4.31. The monoisotopic (exact) mass is 350 g/mol. The van der Waals surface area contributed by atoms with E-state index >= 15 is 0 Å². The Morgan fingerprint density at radius 1 is 1.12 bits per heavy atom. The van der Waals surface area contributed by atoms with Crippen molar-refractivity contribution in [1.82, 2.24) is 20.1 Å². The fraction of sp³-hybridized carbons (Fsp3) is 0.250. The lowest BCUT2D eigenvalue weighted by Crippen LogP contribution is -2.22. The Balaban J connectivity index is 1.88. The first-order valence-electron chi connectivity index (χ1n) is 8.39. The van der Waals surface area contributed by atoms with Crippen LogP contribution >= 0.6 is 0 Å². The summed E-state index contributed by atoms with van der Waals surface area (Å²) in [7, 11) is 1.35. The molecule has 134 valence electrons. The number of benzene rings is 2. The zero-order valence-corrected chi connectivity index (χ0v) is 15.4. The number of nitrogens with zero attached hydrogens (tertiary/aromatic N) is 3. The Labute approximate surface area is 152 Å². The van der Waals surface area contributed by atoms with Gasteiger partial charge in [-0.05, 0) is 49.6 Å². The van der Waals surface area contributed by atoms with E-state index < -0.39 is 6.09 Å². The molecule has 0 aliphatic heterocycles. The molecular formula is C20H22N4O2. The summed E-state index contributed by atoms with van der Waals surface area (Å²) >= 11 is 0. The van der Waals surface area contributed by atoms with Crippen LogP contribution in [0.1, 0.15) is 22.3 Å². The van der Waals surface area contributed by atoms with Crippen molar-refractivity contribution >= 4 is 6.09 Å². The average Bonchev–Trinajstić information content (AvgIpc) is 3.10. The smallest absolute Gasteiger partial charge is 0.407 e. The van der Waals surface area contributed by atoms with Gasteiger partial charge >= 0.3 is 6.09 Å². The third-order valence-corrected chi connectivity index (χ3v) is 4.31. The lowest BCUT2D eigenvalue weighted by atomic mass is 10.0. The topological polar surface area (TPSA) is 69.0 Å². The molecule has 0 atom stereocenters. The molecule has 3 rings (SSSR count). The normalized spacial score (nSPS) is 10.6. The lowest BCUT2D eigenvalue weighted by molar-refractivity contribution is 0.170. The Morgan fingerprint density at radius 3 is 2.65 bits per heavy atom. The number of ether oxygens (including phenoxy) is 1. The number of amides is 1. The van der Waals surface area contributed by atoms with Gasteiger partial charge in [-0.15, -0.1) is 5.10 Å². The van der Waals surface area contributed by atoms with E-state index in [4.69, 9.17) is 0 Å². The van der Waals surface area contributed by atoms with Crippen molar-refractivity contribution in [3.63, 3.8) is 0 Å². The van der Waals surface area contributed by atoms with Gasteiger partial charge in [0.1, 0.15) is 6.33 Å². The highest BCUT2D eigenvalue weighted by molar-refractivity contribution is 5.67. The maximum absolute atomic E-state index is 11.3. The molecule has 1 aromatic heterocycles. The fourth-order valence-corrected chi connectivity index (χ4v) is 2.81. The molecule has 6 heteroatoms. The molecule has 0 bridgehead atoms. The van der Waals surface area contributed by atoms with Gasteiger partial charge in [0, 0.05) is 12.1 Å². The van der Waals surface area contributed by atoms with Crippen molar-refractivity contribution in [2.24, 2.45) is 0 Å². The van der Waals surface area contributed by atoms with E-state index in [0.29, 0.717) is 12.4 Å². The highest BCUT2D eigenvalue weighted by Gasteiger charge is 2.10. The minimum Gasteiger partial charge on any atom is -0.453 e. The van der Waals surface area contributed by atoms with Gasteiger partial charge in [-0.1, -0.05) is 29.8 Å². The summed E-state index contributed by atoms with van der Waals surface area (Å²) in [6.45, 7) is 6.52. The second kappa shape index (κ2) is 7.39. The van der Waals surface area contributed by atoms with Gasteiger partial charge in [-0.3, -0.25) is 0 Å². The standard InChI is InChI=1S/C20H22N4O2/c1-13-5-8-18(15(3)9-13)24-12-22-19(23-24)16-7-6-14(2)17(10-16)11-21-20(25)26-4/h5-10,12H,11H2,1-4H3,(H,21,25). The van der Waals surface area contributed by atoms with Crippen molar-refractivity contribution in [3.8, 4) is 17.1 Å². The number of hydrogen-bond acceptors (Lipinski definition) is 4. The van der Waals surface area contributed by atoms with Gasteiger partial charge in [0.15, 0.2) is 5.82 Å². The number of methoxy groups -OCH3 is 1. The number of carbonyl (C=O) groups is 1. The molecule has 0 unspecified atom stereocenters. The second-order valence-corrected chi connectivity index (χ2v) is 6.29. The second-order valence-electron chi connectivity index (χ2n) is 6.29. The van der Waals surface area contributed by atoms with Gasteiger partial charge in [0.05, 0.1) is 12.8 Å². The van der Waals surface area contributed by atoms with Gasteiger partial charge in [-0.2, -0.15) is 0 Å². The molecule has 26 heavy (non-hydrogen) atoms. The van der Waals surface area contributed by atoms with Crippen molar-refractivity contribution in [3.05, 3.63) is 65.0 Å². The van der Waals surface area contributed by atoms with Crippen molar-refractivity contribution in [2.75, 3.05) is 7.11 Å². The van der Waals surface area contributed by atoms with Gasteiger partial charge in [0.25, 0.3) is 0 Å². The molecule has 1 heterocycles. The Kier molecular flexibility index (Phi) is 5.02. The summed E-state index contributed by atoms with van der Waals surface area (Å²) < 4.78 is 6.41. The minimum atomic E-state index is -0.452. The van der Waals surface area contributed by atoms with E-state index in [9.17, 15) is 4.79 Å². The van der Waals surface area contributed by atoms with Crippen LogP contribution in [-0.4, -0.2) is 28.0 Å². The van der Waals surface area contributed by atoms with E-state index in [2.05, 4.69) is 46.1 Å². The van der Waals surface area contributed by atoms with Crippen LogP contribution in [0, 0.1) is 20.8 Å². The molecular weight excluding hydrogens is 328 g/mol. The highest BCUT2D eigenvalue weighted by Crippen LogP contribution is 2.21. The van der Waals surface area contributed by atoms with Gasteiger partial charge < -0.3 is 10.1 Å². The fourth-order valence-electron chi connectivity index (χ4n) is 2.81. The van der Waals surface area contributed by atoms with E-state index in [0.717, 1.165) is 27.9 Å². The number of aryl methyl sites for hydroxylation is 3. The Hall–Kier alpha value is -3.15. The van der Waals surface area contributed by atoms with Crippen LogP contribution in [0.2, 0.25) is 0 Å². The number of nitrogens with one attached hydrogen (secondary N) is 1. The largest absolute Gasteiger partial charge is 0.453 e. The molecule has 2 aromatic carbocycles. The maximum Gasteiger partial charge on any atom is 0.407 e. The number of rotatable bonds is 4. The van der Waals surface area contributed by atoms with E-state index in [1.165, 1.54) is 12.7 Å². The zero-order valence-electron chi connectivity index (χ0n) is 15.4. The summed E-state index contributed by atoms with van der Waals surface area (Å²) in [5.41, 5.74) is 6.35. The number of alkyl carbamates (subject to hydrolysis) is 1. The Bertz CT molecular complexity index is 947. The summed E-state index contributed by atoms with van der Waals surface area (Å²) in [6.07, 6.45) is 1.27. The van der Waals surface area contributed by atoms with Gasteiger partial charge in [-0.25, -0.2) is 14.5 Å². The molecule has 0 fully saturated rings. The molecule has 0 saturated carbocycles. The van der Waals surface area contributed by atoms with Crippen LogP contribution in [0.4, 0.5) is 4.79 Å². The average molecular weight is 350 g/mol. The minimum absolute atomic E-state index is 0.393. The van der Waals surface area contributed by atoms with Gasteiger partial charge in [0.2, 0.25) is 0 Å². The molecule has 6 nitrogen and oxygen atoms in total. The van der Waals surface area contributed by atoms with E-state index in [-0.39, 0.29) is 0 Å². The molecule has 1 amide bonds. The number of carbonyl (C=O) groups excluding carboxylic acids is 1. The summed E-state index contributed by atoms with van der Waals surface area (Å²) in [5, 5.41) is 7.32. The zero-order chi connectivity index (χ0) is 18.7. The quantitative estimate of drug-likeness (QED) is 0.779. The van der Waals surface area contributed by atoms with Crippen LogP contribution < -0.4 is 5.32 Å². The molecule has 0 aliphatic rings. The van der Waals surface area contributed by atoms with Crippen molar-refractivity contribution in [1.29, 1.82) is 0 Å². The first-order valence-corrected chi connectivity index (χ1v) is 8.39. The van der Waals surface area contributed by atoms with Crippen LogP contribution in [0.25, 0.3) is 17.1 Å². The molecule has 0 saturated heterocycles. The summed E-state index contributed by atoms with van der Waals surface area (Å²) in [5.74, 6) is 0.643. The van der Waals surface area contributed by atoms with Crippen molar-refractivity contribution in [2.45, 2.75) is 27.3 Å². The molecule has 0 spiro atoms.